The van der Waals surface area contributed by atoms with Gasteiger partial charge in [0.05, 0.1) is 5.69 Å². The number of aromatic carboxylic acids is 1. The van der Waals surface area contributed by atoms with Gasteiger partial charge in [0.15, 0.2) is 0 Å². The number of nitrogens with zero attached hydrogens (tertiary/aromatic N) is 2. The largest absolute Gasteiger partial charge is 0.478 e. The van der Waals surface area contributed by atoms with Gasteiger partial charge in [0.25, 0.3) is 0 Å². The Hall–Kier alpha value is -2.56. The molecule has 0 bridgehead atoms. The minimum atomic E-state index is -0.979. The zero-order valence-electron chi connectivity index (χ0n) is 12.2. The van der Waals surface area contributed by atoms with Crippen molar-refractivity contribution >= 4 is 16.9 Å². The number of carboxylic acids is 1. The van der Waals surface area contributed by atoms with E-state index >= 15 is 0 Å². The first kappa shape index (κ1) is 13.4. The van der Waals surface area contributed by atoms with Crippen molar-refractivity contribution in [2.75, 3.05) is 0 Å². The summed E-state index contributed by atoms with van der Waals surface area (Å²) in [7, 11) is 0. The Morgan fingerprint density at radius 2 is 2.00 bits per heavy atom. The summed E-state index contributed by atoms with van der Waals surface area (Å²) in [6.45, 7) is 6.23. The first-order valence-electron chi connectivity index (χ1n) is 6.73. The van der Waals surface area contributed by atoms with Gasteiger partial charge < -0.3 is 9.52 Å². The monoisotopic (exact) mass is 284 g/mol. The van der Waals surface area contributed by atoms with Crippen LogP contribution >= 0.6 is 0 Å². The molecule has 0 unspecified atom stereocenters. The second kappa shape index (κ2) is 4.77. The SMILES string of the molecule is Cc1nn(Cc2oc3ccccc3c2C(=O)O)c(C)c1C. The van der Waals surface area contributed by atoms with Crippen molar-refractivity contribution in [3.05, 3.63) is 52.5 Å². The Kier molecular flexibility index (Phi) is 3.05. The molecule has 0 saturated carbocycles. The summed E-state index contributed by atoms with van der Waals surface area (Å²) in [6.07, 6.45) is 0. The van der Waals surface area contributed by atoms with Crippen LogP contribution < -0.4 is 0 Å². The molecule has 5 nitrogen and oxygen atoms in total. The van der Waals surface area contributed by atoms with Crippen LogP contribution in [0.1, 0.15) is 33.1 Å². The van der Waals surface area contributed by atoms with E-state index in [2.05, 4.69) is 5.10 Å². The molecular formula is C16H16N2O3. The zero-order valence-corrected chi connectivity index (χ0v) is 12.2. The maximum absolute atomic E-state index is 11.6. The molecule has 3 aromatic rings. The lowest BCUT2D eigenvalue weighted by Crippen LogP contribution is -2.07. The number of fused-ring (bicyclic) bond motifs is 1. The van der Waals surface area contributed by atoms with Crippen LogP contribution in [0.15, 0.2) is 28.7 Å². The standard InChI is InChI=1S/C16H16N2O3/c1-9-10(2)17-18(11(9)3)8-14-15(16(19)20)12-6-4-5-7-13(12)21-14/h4-7H,8H2,1-3H3,(H,19,20). The summed E-state index contributed by atoms with van der Waals surface area (Å²) < 4.78 is 7.51. The van der Waals surface area contributed by atoms with Gasteiger partial charge in [0.1, 0.15) is 23.5 Å². The molecule has 0 aliphatic heterocycles. The number of hydrogen-bond donors (Lipinski definition) is 1. The maximum Gasteiger partial charge on any atom is 0.339 e. The van der Waals surface area contributed by atoms with Gasteiger partial charge in [-0.15, -0.1) is 0 Å². The van der Waals surface area contributed by atoms with Crippen molar-refractivity contribution in [3.8, 4) is 0 Å². The van der Waals surface area contributed by atoms with Crippen LogP contribution in [0.5, 0.6) is 0 Å². The zero-order chi connectivity index (χ0) is 15.1. The van der Waals surface area contributed by atoms with Crippen molar-refractivity contribution in [3.63, 3.8) is 0 Å². The van der Waals surface area contributed by atoms with Crippen LogP contribution in [0.2, 0.25) is 0 Å². The molecule has 0 amide bonds. The molecule has 1 aromatic carbocycles. The van der Waals surface area contributed by atoms with E-state index in [1.165, 1.54) is 0 Å². The molecule has 1 N–H and O–H groups in total. The van der Waals surface area contributed by atoms with E-state index in [1.807, 2.05) is 32.9 Å². The smallest absolute Gasteiger partial charge is 0.339 e. The summed E-state index contributed by atoms with van der Waals surface area (Å²) in [6, 6.07) is 7.17. The first-order valence-corrected chi connectivity index (χ1v) is 6.73. The van der Waals surface area contributed by atoms with Gasteiger partial charge in [-0.1, -0.05) is 18.2 Å². The van der Waals surface area contributed by atoms with Gasteiger partial charge in [-0.25, -0.2) is 4.79 Å². The Morgan fingerprint density at radius 3 is 2.62 bits per heavy atom. The minimum Gasteiger partial charge on any atom is -0.478 e. The van der Waals surface area contributed by atoms with Crippen LogP contribution in [-0.2, 0) is 6.54 Å². The number of carboxylic acid groups (broad SMARTS) is 1. The molecular weight excluding hydrogens is 268 g/mol. The van der Waals surface area contributed by atoms with Crippen molar-refractivity contribution in [2.45, 2.75) is 27.3 Å². The molecule has 0 aliphatic carbocycles. The fourth-order valence-corrected chi connectivity index (χ4v) is 2.52. The third-order valence-electron chi connectivity index (χ3n) is 3.92. The highest BCUT2D eigenvalue weighted by molar-refractivity contribution is 6.03. The molecule has 2 heterocycles. The number of aromatic nitrogens is 2. The van der Waals surface area contributed by atoms with Gasteiger partial charge >= 0.3 is 5.97 Å². The van der Waals surface area contributed by atoms with E-state index in [4.69, 9.17) is 4.42 Å². The van der Waals surface area contributed by atoms with Crippen LogP contribution in [0.3, 0.4) is 0 Å². The molecule has 2 aromatic heterocycles. The van der Waals surface area contributed by atoms with Crippen LogP contribution in [0.25, 0.3) is 11.0 Å². The minimum absolute atomic E-state index is 0.218. The van der Waals surface area contributed by atoms with Crippen molar-refractivity contribution in [1.82, 2.24) is 9.78 Å². The number of hydrogen-bond acceptors (Lipinski definition) is 3. The third kappa shape index (κ3) is 2.11. The summed E-state index contributed by atoms with van der Waals surface area (Å²) in [5, 5.41) is 14.5. The molecule has 0 radical (unpaired) electrons. The number of aryl methyl sites for hydroxylation is 1. The van der Waals surface area contributed by atoms with Gasteiger partial charge in [0.2, 0.25) is 0 Å². The highest BCUT2D eigenvalue weighted by Gasteiger charge is 2.21. The van der Waals surface area contributed by atoms with E-state index < -0.39 is 5.97 Å². The second-order valence-corrected chi connectivity index (χ2v) is 5.16. The number of benzene rings is 1. The van der Waals surface area contributed by atoms with E-state index in [0.29, 0.717) is 23.3 Å². The summed E-state index contributed by atoms with van der Waals surface area (Å²) in [5.74, 6) is -0.553. The molecule has 21 heavy (non-hydrogen) atoms. The van der Waals surface area contributed by atoms with E-state index in [1.54, 1.807) is 16.8 Å². The second-order valence-electron chi connectivity index (χ2n) is 5.16. The molecule has 5 heteroatoms. The summed E-state index contributed by atoms with van der Waals surface area (Å²) >= 11 is 0. The van der Waals surface area contributed by atoms with E-state index in [0.717, 1.165) is 17.0 Å². The van der Waals surface area contributed by atoms with Crippen molar-refractivity contribution < 1.29 is 14.3 Å². The lowest BCUT2D eigenvalue weighted by atomic mass is 10.1. The molecule has 0 aliphatic rings. The van der Waals surface area contributed by atoms with Gasteiger partial charge in [-0.3, -0.25) is 4.68 Å². The normalized spacial score (nSPS) is 11.2. The molecule has 0 atom stereocenters. The molecule has 0 fully saturated rings. The Bertz CT molecular complexity index is 843. The fraction of sp³-hybridized carbons (Fsp3) is 0.250. The van der Waals surface area contributed by atoms with E-state index in [9.17, 15) is 9.90 Å². The average Bonchev–Trinajstić information content (AvgIpc) is 2.92. The number of para-hydroxylation sites is 1. The number of furan rings is 1. The number of carbonyl (C=O) groups is 1. The molecule has 0 spiro atoms. The predicted molar refractivity (Wildman–Crippen MR) is 78.7 cm³/mol. The quantitative estimate of drug-likeness (QED) is 0.801. The highest BCUT2D eigenvalue weighted by atomic mass is 16.4. The summed E-state index contributed by atoms with van der Waals surface area (Å²) in [5.41, 5.74) is 3.88. The van der Waals surface area contributed by atoms with Crippen LogP contribution in [0, 0.1) is 20.8 Å². The van der Waals surface area contributed by atoms with Gasteiger partial charge in [0, 0.05) is 11.1 Å². The molecule has 0 saturated heterocycles. The fourth-order valence-electron chi connectivity index (χ4n) is 2.52. The maximum atomic E-state index is 11.6. The van der Waals surface area contributed by atoms with E-state index in [-0.39, 0.29) is 5.56 Å². The molecule has 3 rings (SSSR count). The number of rotatable bonds is 3. The average molecular weight is 284 g/mol. The van der Waals surface area contributed by atoms with Gasteiger partial charge in [-0.2, -0.15) is 5.10 Å². The third-order valence-corrected chi connectivity index (χ3v) is 3.92. The Labute approximate surface area is 121 Å². The summed E-state index contributed by atoms with van der Waals surface area (Å²) in [4.78, 5) is 11.6. The lowest BCUT2D eigenvalue weighted by Gasteiger charge is -2.03. The van der Waals surface area contributed by atoms with Crippen molar-refractivity contribution in [2.24, 2.45) is 0 Å². The highest BCUT2D eigenvalue weighted by Crippen LogP contribution is 2.27. The predicted octanol–water partition coefficient (Wildman–Crippen LogP) is 3.30. The van der Waals surface area contributed by atoms with Gasteiger partial charge in [-0.05, 0) is 32.4 Å². The topological polar surface area (TPSA) is 68.3 Å². The van der Waals surface area contributed by atoms with Crippen LogP contribution in [0.4, 0.5) is 0 Å². The van der Waals surface area contributed by atoms with Crippen molar-refractivity contribution in [1.29, 1.82) is 0 Å². The Morgan fingerprint density at radius 1 is 1.29 bits per heavy atom. The van der Waals surface area contributed by atoms with Crippen LogP contribution in [-0.4, -0.2) is 20.9 Å². The first-order chi connectivity index (χ1) is 9.99. The molecule has 108 valence electrons. The lowest BCUT2D eigenvalue weighted by molar-refractivity contribution is 0.0696. The Balaban J connectivity index is 2.14.